The highest BCUT2D eigenvalue weighted by Crippen LogP contribution is 2.44. The molecule has 0 amide bonds. The van der Waals surface area contributed by atoms with Crippen molar-refractivity contribution in [3.05, 3.63) is 11.6 Å². The number of alkyl halides is 9. The highest BCUT2D eigenvalue weighted by atomic mass is 19.4. The lowest BCUT2D eigenvalue weighted by atomic mass is 9.97. The first-order valence-corrected chi connectivity index (χ1v) is 4.81. The molecular weight excluding hydrogens is 311 g/mol. The van der Waals surface area contributed by atoms with Gasteiger partial charge < -0.3 is 10.2 Å². The van der Waals surface area contributed by atoms with Crippen molar-refractivity contribution < 1.29 is 49.7 Å². The Bertz CT molecular complexity index is 349. The first kappa shape index (κ1) is 19.0. The summed E-state index contributed by atoms with van der Waals surface area (Å²) >= 11 is 0. The second kappa shape index (κ2) is 5.43. The van der Waals surface area contributed by atoms with Gasteiger partial charge >= 0.3 is 18.5 Å². The van der Waals surface area contributed by atoms with Gasteiger partial charge in [-0.2, -0.15) is 39.5 Å². The third kappa shape index (κ3) is 4.27. The molecule has 1 unspecified atom stereocenters. The molecule has 11 heteroatoms. The third-order valence-electron chi connectivity index (χ3n) is 2.21. The maximum absolute atomic E-state index is 12.2. The van der Waals surface area contributed by atoms with Gasteiger partial charge in [-0.05, 0) is 13.0 Å². The monoisotopic (exact) mass is 320 g/mol. The van der Waals surface area contributed by atoms with Crippen LogP contribution in [0.25, 0.3) is 0 Å². The Morgan fingerprint density at radius 3 is 1.55 bits per heavy atom. The average Bonchev–Trinajstić information content (AvgIpc) is 2.11. The van der Waals surface area contributed by atoms with Crippen molar-refractivity contribution in [1.29, 1.82) is 0 Å². The molecule has 0 heterocycles. The highest BCUT2D eigenvalue weighted by Gasteiger charge is 2.69. The topological polar surface area (TPSA) is 40.5 Å². The minimum atomic E-state index is -6.17. The van der Waals surface area contributed by atoms with Gasteiger partial charge in [0, 0.05) is 6.42 Å². The van der Waals surface area contributed by atoms with Crippen molar-refractivity contribution in [2.24, 2.45) is 0 Å². The molecule has 1 atom stereocenters. The number of hydrogen-bond acceptors (Lipinski definition) is 2. The van der Waals surface area contributed by atoms with E-state index in [4.69, 9.17) is 10.2 Å². The van der Waals surface area contributed by atoms with E-state index in [1.54, 1.807) is 0 Å². The molecule has 0 radical (unpaired) electrons. The van der Waals surface area contributed by atoms with Gasteiger partial charge in [-0.3, -0.25) is 0 Å². The molecule has 0 aliphatic carbocycles. The van der Waals surface area contributed by atoms with E-state index in [9.17, 15) is 39.5 Å². The fourth-order valence-electron chi connectivity index (χ4n) is 1.16. The summed E-state index contributed by atoms with van der Waals surface area (Å²) in [5.41, 5.74) is -6.40. The van der Waals surface area contributed by atoms with Crippen LogP contribution in [0.5, 0.6) is 0 Å². The minimum absolute atomic E-state index is 0.497. The van der Waals surface area contributed by atoms with Crippen LogP contribution in [0, 0.1) is 0 Å². The largest absolute Gasteiger partial charge is 0.430 e. The first-order chi connectivity index (χ1) is 8.52. The van der Waals surface area contributed by atoms with Crippen LogP contribution in [0.15, 0.2) is 11.6 Å². The van der Waals surface area contributed by atoms with Gasteiger partial charge in [-0.15, -0.1) is 0 Å². The summed E-state index contributed by atoms with van der Waals surface area (Å²) < 4.78 is 109. The molecule has 0 aromatic carbocycles. The molecule has 0 spiro atoms. The number of hydrogen-bond donors (Lipinski definition) is 2. The van der Waals surface area contributed by atoms with Gasteiger partial charge in [0.2, 0.25) is 0 Å². The van der Waals surface area contributed by atoms with E-state index in [2.05, 4.69) is 0 Å². The molecule has 0 bridgehead atoms. The Kier molecular flexibility index (Phi) is 5.17. The lowest BCUT2D eigenvalue weighted by molar-refractivity contribution is -0.348. The molecule has 0 aromatic rings. The molecule has 0 fully saturated rings. The van der Waals surface area contributed by atoms with Crippen LogP contribution in [-0.4, -0.2) is 40.4 Å². The van der Waals surface area contributed by atoms with Crippen LogP contribution in [0.3, 0.4) is 0 Å². The highest BCUT2D eigenvalue weighted by molar-refractivity contribution is 5.16. The van der Waals surface area contributed by atoms with Gasteiger partial charge in [0.1, 0.15) is 0 Å². The van der Waals surface area contributed by atoms with Gasteiger partial charge in [0.05, 0.1) is 0 Å². The van der Waals surface area contributed by atoms with E-state index >= 15 is 0 Å². The summed E-state index contributed by atoms with van der Waals surface area (Å²) in [7, 11) is 0. The normalized spacial score (nSPS) is 17.3. The zero-order chi connectivity index (χ0) is 16.6. The molecule has 0 aromatic heterocycles. The van der Waals surface area contributed by atoms with Crippen molar-refractivity contribution in [1.82, 2.24) is 0 Å². The lowest BCUT2D eigenvalue weighted by Gasteiger charge is -2.30. The predicted molar refractivity (Wildman–Crippen MR) is 47.5 cm³/mol. The summed E-state index contributed by atoms with van der Waals surface area (Å²) in [6, 6.07) is 0. The molecule has 120 valence electrons. The van der Waals surface area contributed by atoms with E-state index in [1.807, 2.05) is 0 Å². The molecule has 0 saturated heterocycles. The van der Waals surface area contributed by atoms with Crippen molar-refractivity contribution >= 4 is 0 Å². The average molecular weight is 320 g/mol. The summed E-state index contributed by atoms with van der Waals surface area (Å²) in [4.78, 5) is 0. The maximum atomic E-state index is 12.2. The second-order valence-corrected chi connectivity index (χ2v) is 4.01. The zero-order valence-electron chi connectivity index (χ0n) is 9.66. The predicted octanol–water partition coefficient (Wildman–Crippen LogP) is 3.10. The maximum Gasteiger partial charge on any atom is 0.430 e. The summed E-state index contributed by atoms with van der Waals surface area (Å²) in [6.07, 6.45) is -23.0. The van der Waals surface area contributed by atoms with Crippen molar-refractivity contribution in [3.63, 3.8) is 0 Å². The molecule has 0 aliphatic rings. The fourth-order valence-corrected chi connectivity index (χ4v) is 1.16. The summed E-state index contributed by atoms with van der Waals surface area (Å²) in [5, 5.41) is 17.2. The van der Waals surface area contributed by atoms with E-state index in [0.29, 0.717) is 6.92 Å². The van der Waals surface area contributed by atoms with Crippen LogP contribution >= 0.6 is 0 Å². The molecule has 0 rings (SSSR count). The van der Waals surface area contributed by atoms with E-state index in [-0.39, 0.29) is 0 Å². The van der Waals surface area contributed by atoms with Gasteiger partial charge in [-0.1, -0.05) is 5.57 Å². The first-order valence-electron chi connectivity index (χ1n) is 4.81. The SMILES string of the molecule is C/C(=C/C(O)(C(F)(F)F)C(F)(F)F)CC(O)C(F)(F)F. The van der Waals surface area contributed by atoms with Crippen LogP contribution in [-0.2, 0) is 0 Å². The Balaban J connectivity index is 5.43. The Labute approximate surface area is 106 Å². The number of rotatable bonds is 3. The fraction of sp³-hybridized carbons (Fsp3) is 0.778. The number of aliphatic hydroxyl groups excluding tert-OH is 1. The minimum Gasteiger partial charge on any atom is -0.383 e. The van der Waals surface area contributed by atoms with E-state index in [1.165, 1.54) is 0 Å². The molecule has 2 nitrogen and oxygen atoms in total. The number of halogens is 9. The van der Waals surface area contributed by atoms with Crippen molar-refractivity contribution in [2.45, 2.75) is 43.6 Å². The zero-order valence-corrected chi connectivity index (χ0v) is 9.66. The van der Waals surface area contributed by atoms with Crippen LogP contribution in [0.4, 0.5) is 39.5 Å². The standard InChI is InChI=1S/C9H9F9O2/c1-4(2-5(19)7(10,11)12)3-6(20,8(13,14)15)9(16,17)18/h3,5,19-20H,2H2,1H3/b4-3-. The quantitative estimate of drug-likeness (QED) is 0.620. The smallest absolute Gasteiger partial charge is 0.383 e. The van der Waals surface area contributed by atoms with Gasteiger partial charge in [0.25, 0.3) is 5.60 Å². The Morgan fingerprint density at radius 1 is 0.950 bits per heavy atom. The molecule has 20 heavy (non-hydrogen) atoms. The van der Waals surface area contributed by atoms with Crippen LogP contribution in [0.1, 0.15) is 13.3 Å². The van der Waals surface area contributed by atoms with E-state index < -0.39 is 48.3 Å². The summed E-state index contributed by atoms with van der Waals surface area (Å²) in [5.74, 6) is 0. The van der Waals surface area contributed by atoms with Gasteiger partial charge in [0.15, 0.2) is 6.10 Å². The van der Waals surface area contributed by atoms with Crippen LogP contribution in [0.2, 0.25) is 0 Å². The van der Waals surface area contributed by atoms with Crippen LogP contribution < -0.4 is 0 Å². The van der Waals surface area contributed by atoms with Crippen molar-refractivity contribution in [3.8, 4) is 0 Å². The van der Waals surface area contributed by atoms with E-state index in [0.717, 1.165) is 0 Å². The third-order valence-corrected chi connectivity index (χ3v) is 2.21. The molecule has 0 aliphatic heterocycles. The summed E-state index contributed by atoms with van der Waals surface area (Å²) in [6.45, 7) is 0.497. The number of aliphatic hydroxyl groups is 2. The van der Waals surface area contributed by atoms with Crippen molar-refractivity contribution in [2.75, 3.05) is 0 Å². The Hall–Kier alpha value is -0.970. The lowest BCUT2D eigenvalue weighted by Crippen LogP contribution is -2.55. The molecule has 0 saturated carbocycles. The Morgan fingerprint density at radius 2 is 1.30 bits per heavy atom. The molecule has 2 N–H and O–H groups in total. The van der Waals surface area contributed by atoms with Gasteiger partial charge in [-0.25, -0.2) is 0 Å². The molecular formula is C9H9F9O2. The second-order valence-electron chi connectivity index (χ2n) is 4.01.